The maximum atomic E-state index is 3.50. The first-order valence-corrected chi connectivity index (χ1v) is 8.10. The molecular formula is C16H30N2. The average molecular weight is 250 g/mol. The fraction of sp³-hybridized carbons (Fsp3) is 1.00. The number of fused-ring (bicyclic) bond motifs is 2. The molecule has 1 heterocycles. The van der Waals surface area contributed by atoms with Gasteiger partial charge in [0.05, 0.1) is 0 Å². The number of piperidine rings is 1. The minimum atomic E-state index is 0.733. The van der Waals surface area contributed by atoms with E-state index in [-0.39, 0.29) is 0 Å². The van der Waals surface area contributed by atoms with Crippen molar-refractivity contribution in [1.29, 1.82) is 0 Å². The second kappa shape index (κ2) is 5.13. The van der Waals surface area contributed by atoms with E-state index < -0.39 is 0 Å². The van der Waals surface area contributed by atoms with Crippen LogP contribution in [0.2, 0.25) is 0 Å². The molecule has 0 aromatic heterocycles. The Morgan fingerprint density at radius 1 is 1.11 bits per heavy atom. The van der Waals surface area contributed by atoms with Gasteiger partial charge in [0.1, 0.15) is 0 Å². The van der Waals surface area contributed by atoms with Crippen molar-refractivity contribution >= 4 is 0 Å². The molecule has 1 N–H and O–H groups in total. The highest BCUT2D eigenvalue weighted by Gasteiger charge is 2.41. The average Bonchev–Trinajstić information content (AvgIpc) is 2.97. The third-order valence-corrected chi connectivity index (χ3v) is 6.42. The van der Waals surface area contributed by atoms with E-state index in [4.69, 9.17) is 0 Å². The molecule has 104 valence electrons. The summed E-state index contributed by atoms with van der Waals surface area (Å²) in [6.45, 7) is 7.58. The zero-order chi connectivity index (χ0) is 12.7. The largest absolute Gasteiger partial charge is 0.317 e. The monoisotopic (exact) mass is 250 g/mol. The number of hydrogen-bond acceptors (Lipinski definition) is 2. The second-order valence-electron chi connectivity index (χ2n) is 7.21. The van der Waals surface area contributed by atoms with Gasteiger partial charge in [-0.25, -0.2) is 0 Å². The molecule has 2 saturated carbocycles. The summed E-state index contributed by atoms with van der Waals surface area (Å²) in [5.41, 5.74) is 0. The van der Waals surface area contributed by atoms with Crippen LogP contribution in [0.4, 0.5) is 0 Å². The first kappa shape index (κ1) is 12.9. The second-order valence-corrected chi connectivity index (χ2v) is 7.21. The quantitative estimate of drug-likeness (QED) is 0.828. The van der Waals surface area contributed by atoms with Crippen molar-refractivity contribution in [3.05, 3.63) is 0 Å². The van der Waals surface area contributed by atoms with E-state index in [0.29, 0.717) is 0 Å². The highest BCUT2D eigenvalue weighted by molar-refractivity contribution is 4.94. The molecule has 0 spiro atoms. The molecule has 0 amide bonds. The smallest absolute Gasteiger partial charge is 0.0117 e. The molecule has 18 heavy (non-hydrogen) atoms. The molecule has 3 rings (SSSR count). The molecule has 6 unspecified atom stereocenters. The number of likely N-dealkylation sites (tertiary alicyclic amines) is 1. The van der Waals surface area contributed by atoms with E-state index in [9.17, 15) is 0 Å². The van der Waals surface area contributed by atoms with Crippen molar-refractivity contribution < 1.29 is 0 Å². The molecule has 3 fully saturated rings. The van der Waals surface area contributed by atoms with Crippen LogP contribution in [-0.4, -0.2) is 37.1 Å². The van der Waals surface area contributed by atoms with Crippen LogP contribution in [0, 0.1) is 23.7 Å². The zero-order valence-electron chi connectivity index (χ0n) is 12.4. The maximum absolute atomic E-state index is 3.50. The Hall–Kier alpha value is -0.0800. The Labute approximate surface area is 113 Å². The third kappa shape index (κ3) is 2.22. The summed E-state index contributed by atoms with van der Waals surface area (Å²) in [7, 11) is 2.12. The number of hydrogen-bond donors (Lipinski definition) is 1. The van der Waals surface area contributed by atoms with E-state index in [1.807, 2.05) is 0 Å². The fourth-order valence-electron chi connectivity index (χ4n) is 5.01. The molecule has 2 aliphatic carbocycles. The van der Waals surface area contributed by atoms with Crippen molar-refractivity contribution in [1.82, 2.24) is 10.2 Å². The van der Waals surface area contributed by atoms with Crippen LogP contribution < -0.4 is 5.32 Å². The van der Waals surface area contributed by atoms with Crippen molar-refractivity contribution in [2.45, 2.75) is 58.0 Å². The molecule has 0 radical (unpaired) electrons. The van der Waals surface area contributed by atoms with Gasteiger partial charge in [-0.1, -0.05) is 13.3 Å². The van der Waals surface area contributed by atoms with Crippen LogP contribution in [0.25, 0.3) is 0 Å². The summed E-state index contributed by atoms with van der Waals surface area (Å²) in [5, 5.41) is 3.50. The van der Waals surface area contributed by atoms with Gasteiger partial charge in [-0.05, 0) is 69.9 Å². The minimum Gasteiger partial charge on any atom is -0.317 e. The zero-order valence-corrected chi connectivity index (χ0v) is 12.4. The number of nitrogens with zero attached hydrogens (tertiary/aromatic N) is 1. The van der Waals surface area contributed by atoms with Crippen molar-refractivity contribution in [3.8, 4) is 0 Å². The van der Waals surface area contributed by atoms with E-state index >= 15 is 0 Å². The summed E-state index contributed by atoms with van der Waals surface area (Å²) >= 11 is 0. The lowest BCUT2D eigenvalue weighted by atomic mass is 9.84. The molecule has 3 aliphatic rings. The Morgan fingerprint density at radius 2 is 1.94 bits per heavy atom. The Kier molecular flexibility index (Phi) is 3.68. The van der Waals surface area contributed by atoms with Crippen LogP contribution in [0.5, 0.6) is 0 Å². The predicted molar refractivity (Wildman–Crippen MR) is 76.6 cm³/mol. The van der Waals surface area contributed by atoms with E-state index in [1.54, 1.807) is 6.42 Å². The standard InChI is InChI=1S/C16H30N2/c1-11-12(2)18(7-6-16(11)17-3)10-15-9-13-4-5-14(15)8-13/h11-17H,4-10H2,1-3H3. The van der Waals surface area contributed by atoms with Gasteiger partial charge in [-0.3, -0.25) is 4.90 Å². The highest BCUT2D eigenvalue weighted by Crippen LogP contribution is 2.48. The van der Waals surface area contributed by atoms with Crippen LogP contribution in [0.3, 0.4) is 0 Å². The fourth-order valence-corrected chi connectivity index (χ4v) is 5.01. The summed E-state index contributed by atoms with van der Waals surface area (Å²) in [6.07, 6.45) is 7.50. The van der Waals surface area contributed by atoms with Gasteiger partial charge in [0.15, 0.2) is 0 Å². The van der Waals surface area contributed by atoms with Crippen LogP contribution in [0.15, 0.2) is 0 Å². The SMILES string of the molecule is CNC1CCN(CC2CC3CCC2C3)C(C)C1C. The van der Waals surface area contributed by atoms with Gasteiger partial charge in [0.25, 0.3) is 0 Å². The van der Waals surface area contributed by atoms with Crippen LogP contribution in [-0.2, 0) is 0 Å². The molecule has 2 bridgehead atoms. The Bertz CT molecular complexity index is 291. The van der Waals surface area contributed by atoms with Gasteiger partial charge in [0.2, 0.25) is 0 Å². The normalized spacial score (nSPS) is 48.8. The number of nitrogens with one attached hydrogen (secondary N) is 1. The third-order valence-electron chi connectivity index (χ3n) is 6.42. The molecule has 1 aliphatic heterocycles. The lowest BCUT2D eigenvalue weighted by Gasteiger charge is -2.44. The van der Waals surface area contributed by atoms with Crippen molar-refractivity contribution in [2.75, 3.05) is 20.1 Å². The summed E-state index contributed by atoms with van der Waals surface area (Å²) in [4.78, 5) is 2.80. The minimum absolute atomic E-state index is 0.733. The number of rotatable bonds is 3. The topological polar surface area (TPSA) is 15.3 Å². The molecule has 1 saturated heterocycles. The van der Waals surface area contributed by atoms with E-state index in [1.165, 1.54) is 38.8 Å². The summed E-state index contributed by atoms with van der Waals surface area (Å²) in [5.74, 6) is 4.01. The lowest BCUT2D eigenvalue weighted by Crippen LogP contribution is -2.53. The van der Waals surface area contributed by atoms with Gasteiger partial charge in [0, 0.05) is 18.6 Å². The first-order chi connectivity index (χ1) is 8.69. The van der Waals surface area contributed by atoms with Crippen molar-refractivity contribution in [2.24, 2.45) is 23.7 Å². The van der Waals surface area contributed by atoms with Crippen molar-refractivity contribution in [3.63, 3.8) is 0 Å². The van der Waals surface area contributed by atoms with Gasteiger partial charge < -0.3 is 5.32 Å². The van der Waals surface area contributed by atoms with Crippen LogP contribution in [0.1, 0.15) is 46.0 Å². The lowest BCUT2D eigenvalue weighted by molar-refractivity contribution is 0.0627. The first-order valence-electron chi connectivity index (χ1n) is 8.10. The van der Waals surface area contributed by atoms with Gasteiger partial charge >= 0.3 is 0 Å². The van der Waals surface area contributed by atoms with Gasteiger partial charge in [-0.15, -0.1) is 0 Å². The molecule has 2 heteroatoms. The molecule has 0 aromatic rings. The van der Waals surface area contributed by atoms with E-state index in [0.717, 1.165) is 35.8 Å². The summed E-state index contributed by atoms with van der Waals surface area (Å²) in [6, 6.07) is 1.49. The molecule has 6 atom stereocenters. The summed E-state index contributed by atoms with van der Waals surface area (Å²) < 4.78 is 0. The molecule has 0 aromatic carbocycles. The highest BCUT2D eigenvalue weighted by atomic mass is 15.2. The molecule has 2 nitrogen and oxygen atoms in total. The van der Waals surface area contributed by atoms with Crippen LogP contribution >= 0.6 is 0 Å². The van der Waals surface area contributed by atoms with Gasteiger partial charge in [-0.2, -0.15) is 0 Å². The predicted octanol–water partition coefficient (Wildman–Crippen LogP) is 2.74. The maximum Gasteiger partial charge on any atom is 0.0117 e. The van der Waals surface area contributed by atoms with E-state index in [2.05, 4.69) is 31.1 Å². The molecular weight excluding hydrogens is 220 g/mol. The Balaban J connectivity index is 1.57. The Morgan fingerprint density at radius 3 is 2.56 bits per heavy atom.